The molecule has 1 aliphatic carbocycles. The van der Waals surface area contributed by atoms with Crippen LogP contribution in [0, 0.1) is 5.92 Å². The molecule has 2 atom stereocenters. The number of hydrogen-bond acceptors (Lipinski definition) is 3. The van der Waals surface area contributed by atoms with Crippen molar-refractivity contribution in [3.63, 3.8) is 0 Å². The molecular weight excluding hydrogens is 190 g/mol. The molecule has 0 spiro atoms. The first-order valence-corrected chi connectivity index (χ1v) is 5.92. The molecule has 15 heavy (non-hydrogen) atoms. The van der Waals surface area contributed by atoms with Crippen LogP contribution >= 0.6 is 0 Å². The van der Waals surface area contributed by atoms with Crippen LogP contribution in [0.5, 0.6) is 0 Å². The molecule has 0 radical (unpaired) electrons. The van der Waals surface area contributed by atoms with Crippen molar-refractivity contribution in [3.05, 3.63) is 0 Å². The van der Waals surface area contributed by atoms with Crippen molar-refractivity contribution < 1.29 is 4.79 Å². The lowest BCUT2D eigenvalue weighted by Crippen LogP contribution is -2.45. The van der Waals surface area contributed by atoms with Crippen LogP contribution in [-0.4, -0.2) is 42.5 Å². The maximum atomic E-state index is 11.6. The van der Waals surface area contributed by atoms with E-state index in [1.807, 2.05) is 0 Å². The second-order valence-corrected chi connectivity index (χ2v) is 5.00. The minimum atomic E-state index is 0.180. The number of nitrogens with zero attached hydrogens (tertiary/aromatic N) is 1. The Morgan fingerprint density at radius 2 is 2.07 bits per heavy atom. The summed E-state index contributed by atoms with van der Waals surface area (Å²) in [6.07, 6.45) is 3.19. The van der Waals surface area contributed by atoms with Crippen LogP contribution < -0.4 is 11.1 Å². The second-order valence-electron chi connectivity index (χ2n) is 5.00. The summed E-state index contributed by atoms with van der Waals surface area (Å²) in [6.45, 7) is 4.66. The topological polar surface area (TPSA) is 58.4 Å². The first-order chi connectivity index (χ1) is 7.15. The molecule has 0 aromatic carbocycles. The van der Waals surface area contributed by atoms with Gasteiger partial charge in [0.15, 0.2) is 0 Å². The predicted molar refractivity (Wildman–Crippen MR) is 59.4 cm³/mol. The lowest BCUT2D eigenvalue weighted by molar-refractivity contribution is -0.122. The van der Waals surface area contributed by atoms with Crippen molar-refractivity contribution in [2.45, 2.75) is 38.3 Å². The van der Waals surface area contributed by atoms with Gasteiger partial charge in [-0.3, -0.25) is 9.69 Å². The normalized spacial score (nSPS) is 32.7. The summed E-state index contributed by atoms with van der Waals surface area (Å²) in [5, 5.41) is 3.05. The van der Waals surface area contributed by atoms with Gasteiger partial charge in [-0.1, -0.05) is 6.92 Å². The van der Waals surface area contributed by atoms with Gasteiger partial charge in [-0.05, 0) is 25.2 Å². The van der Waals surface area contributed by atoms with Gasteiger partial charge in [-0.2, -0.15) is 0 Å². The van der Waals surface area contributed by atoms with E-state index in [9.17, 15) is 4.79 Å². The zero-order chi connectivity index (χ0) is 10.8. The number of nitrogens with two attached hydrogens (primary N) is 1. The van der Waals surface area contributed by atoms with E-state index < -0.39 is 0 Å². The molecule has 86 valence electrons. The summed E-state index contributed by atoms with van der Waals surface area (Å²) >= 11 is 0. The van der Waals surface area contributed by atoms with Crippen molar-refractivity contribution in [2.24, 2.45) is 11.7 Å². The molecule has 0 aromatic heterocycles. The molecule has 4 heteroatoms. The Balaban J connectivity index is 1.65. The van der Waals surface area contributed by atoms with Crippen molar-refractivity contribution >= 4 is 5.91 Å². The highest BCUT2D eigenvalue weighted by atomic mass is 16.2. The Labute approximate surface area is 91.2 Å². The summed E-state index contributed by atoms with van der Waals surface area (Å²) < 4.78 is 0. The summed E-state index contributed by atoms with van der Waals surface area (Å²) in [4.78, 5) is 13.8. The van der Waals surface area contributed by atoms with E-state index >= 15 is 0 Å². The van der Waals surface area contributed by atoms with Crippen molar-refractivity contribution in [1.29, 1.82) is 0 Å². The highest BCUT2D eigenvalue weighted by Crippen LogP contribution is 2.28. The lowest BCUT2D eigenvalue weighted by atomic mass is 10.1. The molecule has 2 rings (SSSR count). The molecular formula is C11H21N3O. The molecule has 1 heterocycles. The molecule has 1 amide bonds. The Morgan fingerprint density at radius 3 is 2.60 bits per heavy atom. The fourth-order valence-corrected chi connectivity index (χ4v) is 2.09. The van der Waals surface area contributed by atoms with Gasteiger partial charge in [0.25, 0.3) is 0 Å². The highest BCUT2D eigenvalue weighted by Gasteiger charge is 2.34. The molecule has 4 nitrogen and oxygen atoms in total. The van der Waals surface area contributed by atoms with Crippen molar-refractivity contribution in [3.8, 4) is 0 Å². The number of likely N-dealkylation sites (tertiary alicyclic amines) is 1. The molecule has 2 fully saturated rings. The molecule has 1 saturated carbocycles. The molecule has 0 aromatic rings. The monoisotopic (exact) mass is 211 g/mol. The fourth-order valence-electron chi connectivity index (χ4n) is 2.09. The second kappa shape index (κ2) is 4.49. The maximum absolute atomic E-state index is 11.6. The van der Waals surface area contributed by atoms with Crippen LogP contribution in [0.25, 0.3) is 0 Å². The third kappa shape index (κ3) is 3.18. The summed E-state index contributed by atoms with van der Waals surface area (Å²) in [5.74, 6) is 0.864. The highest BCUT2D eigenvalue weighted by molar-refractivity contribution is 5.78. The van der Waals surface area contributed by atoms with E-state index in [1.54, 1.807) is 0 Å². The van der Waals surface area contributed by atoms with E-state index in [4.69, 9.17) is 5.73 Å². The predicted octanol–water partition coefficient (Wildman–Crippen LogP) is -0.0659. The number of rotatable bonds is 3. The number of carbonyl (C=O) groups excluding carboxylic acids is 1. The average molecular weight is 211 g/mol. The summed E-state index contributed by atoms with van der Waals surface area (Å²) in [5.41, 5.74) is 5.81. The van der Waals surface area contributed by atoms with Gasteiger partial charge in [-0.25, -0.2) is 0 Å². The van der Waals surface area contributed by atoms with Crippen molar-refractivity contribution in [2.75, 3.05) is 19.6 Å². The molecule has 1 saturated heterocycles. The van der Waals surface area contributed by atoms with Gasteiger partial charge >= 0.3 is 0 Å². The average Bonchev–Trinajstić information content (AvgIpc) is 2.86. The fraction of sp³-hybridized carbons (Fsp3) is 0.909. The number of hydrogen-bond donors (Lipinski definition) is 2. The summed E-state index contributed by atoms with van der Waals surface area (Å²) in [7, 11) is 0. The molecule has 3 N–H and O–H groups in total. The van der Waals surface area contributed by atoms with Crippen LogP contribution in [-0.2, 0) is 4.79 Å². The molecule has 1 aliphatic heterocycles. The Kier molecular flexibility index (Phi) is 3.26. The van der Waals surface area contributed by atoms with Gasteiger partial charge in [0.1, 0.15) is 0 Å². The maximum Gasteiger partial charge on any atom is 0.234 e. The SMILES string of the molecule is CC1CC1NC(=O)CN1CCC(N)CC1. The number of carbonyl (C=O) groups is 1. The van der Waals surface area contributed by atoms with Crippen LogP contribution in [0.15, 0.2) is 0 Å². The minimum Gasteiger partial charge on any atom is -0.352 e. The van der Waals surface area contributed by atoms with Crippen molar-refractivity contribution in [1.82, 2.24) is 10.2 Å². The van der Waals surface area contributed by atoms with E-state index in [0.29, 0.717) is 24.5 Å². The third-order valence-corrected chi connectivity index (χ3v) is 3.46. The van der Waals surface area contributed by atoms with E-state index in [2.05, 4.69) is 17.1 Å². The van der Waals surface area contributed by atoms with Gasteiger partial charge in [0.05, 0.1) is 6.54 Å². The van der Waals surface area contributed by atoms with Crippen LogP contribution in [0.1, 0.15) is 26.2 Å². The molecule has 2 unspecified atom stereocenters. The molecule has 0 bridgehead atoms. The number of nitrogens with one attached hydrogen (secondary N) is 1. The Morgan fingerprint density at radius 1 is 1.47 bits per heavy atom. The standard InChI is InChI=1S/C11H21N3O/c1-8-6-10(8)13-11(15)7-14-4-2-9(12)3-5-14/h8-10H,2-7,12H2,1H3,(H,13,15). The Bertz CT molecular complexity index is 236. The Hall–Kier alpha value is -0.610. The lowest BCUT2D eigenvalue weighted by Gasteiger charge is -2.29. The van der Waals surface area contributed by atoms with Gasteiger partial charge in [0, 0.05) is 25.2 Å². The van der Waals surface area contributed by atoms with E-state index in [-0.39, 0.29) is 5.91 Å². The zero-order valence-electron chi connectivity index (χ0n) is 9.41. The largest absolute Gasteiger partial charge is 0.352 e. The third-order valence-electron chi connectivity index (χ3n) is 3.46. The smallest absolute Gasteiger partial charge is 0.234 e. The van der Waals surface area contributed by atoms with Crippen LogP contribution in [0.2, 0.25) is 0 Å². The van der Waals surface area contributed by atoms with E-state index in [1.165, 1.54) is 0 Å². The van der Waals surface area contributed by atoms with Crippen LogP contribution in [0.4, 0.5) is 0 Å². The first kappa shape index (κ1) is 10.9. The van der Waals surface area contributed by atoms with Crippen LogP contribution in [0.3, 0.4) is 0 Å². The molecule has 2 aliphatic rings. The first-order valence-electron chi connectivity index (χ1n) is 5.92. The van der Waals surface area contributed by atoms with Gasteiger partial charge < -0.3 is 11.1 Å². The quantitative estimate of drug-likeness (QED) is 0.687. The minimum absolute atomic E-state index is 0.180. The number of piperidine rings is 1. The van der Waals surface area contributed by atoms with Gasteiger partial charge in [-0.15, -0.1) is 0 Å². The summed E-state index contributed by atoms with van der Waals surface area (Å²) in [6, 6.07) is 0.789. The van der Waals surface area contributed by atoms with Gasteiger partial charge in [0.2, 0.25) is 5.91 Å². The number of amides is 1. The zero-order valence-corrected chi connectivity index (χ0v) is 9.41. The van der Waals surface area contributed by atoms with E-state index in [0.717, 1.165) is 32.4 Å².